The smallest absolute Gasteiger partial charge is 0.0726 e. The van der Waals surface area contributed by atoms with Gasteiger partial charge in [-0.3, -0.25) is 0 Å². The summed E-state index contributed by atoms with van der Waals surface area (Å²) < 4.78 is 0. The molecule has 0 N–H and O–H groups in total. The van der Waals surface area contributed by atoms with Gasteiger partial charge in [0.2, 0.25) is 0 Å². The second kappa shape index (κ2) is 9.81. The predicted molar refractivity (Wildman–Crippen MR) is 199 cm³/mol. The minimum absolute atomic E-state index is 0.0936. The van der Waals surface area contributed by atoms with Gasteiger partial charge in [0.05, 0.1) is 5.41 Å². The molecule has 1 nitrogen and oxygen atoms in total. The highest BCUT2D eigenvalue weighted by molar-refractivity contribution is 5.96. The van der Waals surface area contributed by atoms with Crippen LogP contribution in [0.2, 0.25) is 0 Å². The van der Waals surface area contributed by atoms with E-state index in [2.05, 4.69) is 176 Å². The summed E-state index contributed by atoms with van der Waals surface area (Å²) in [7, 11) is 0. The highest BCUT2D eigenvalue weighted by atomic mass is 15.1. The maximum absolute atomic E-state index is 3.28. The van der Waals surface area contributed by atoms with Crippen LogP contribution in [0.3, 0.4) is 0 Å². The van der Waals surface area contributed by atoms with Gasteiger partial charge in [-0.15, -0.1) is 5.73 Å². The molecule has 0 saturated heterocycles. The van der Waals surface area contributed by atoms with Gasteiger partial charge in [-0.1, -0.05) is 129 Å². The van der Waals surface area contributed by atoms with E-state index in [1.165, 1.54) is 66.8 Å². The molecule has 48 heavy (non-hydrogen) atoms. The molecule has 6 aromatic rings. The summed E-state index contributed by atoms with van der Waals surface area (Å²) in [5, 5.41) is 0. The Kier molecular flexibility index (Phi) is 5.57. The van der Waals surface area contributed by atoms with Crippen LogP contribution < -0.4 is 4.90 Å². The SMILES string of the molecule is CC1(C)c2ccccc2-c2ccc(N(C3=CC=C=CC=C3)c3ccc4c(c3)C3(c5ccccc5-c5ccccc53)c3ccccc3-4)cc21. The first-order valence-corrected chi connectivity index (χ1v) is 16.9. The molecule has 0 bridgehead atoms. The molecule has 0 fully saturated rings. The number of hydrogen-bond donors (Lipinski definition) is 0. The summed E-state index contributed by atoms with van der Waals surface area (Å²) in [6.45, 7) is 4.71. The zero-order chi connectivity index (χ0) is 32.0. The van der Waals surface area contributed by atoms with E-state index in [0.29, 0.717) is 0 Å². The Morgan fingerprint density at radius 1 is 0.458 bits per heavy atom. The van der Waals surface area contributed by atoms with E-state index in [1.807, 2.05) is 12.2 Å². The minimum atomic E-state index is -0.391. The van der Waals surface area contributed by atoms with Gasteiger partial charge < -0.3 is 4.90 Å². The van der Waals surface area contributed by atoms with Crippen LogP contribution in [0.1, 0.15) is 47.2 Å². The number of allylic oxidation sites excluding steroid dienone is 4. The summed E-state index contributed by atoms with van der Waals surface area (Å²) >= 11 is 0. The van der Waals surface area contributed by atoms with Crippen molar-refractivity contribution in [2.45, 2.75) is 24.7 Å². The molecule has 4 aliphatic carbocycles. The van der Waals surface area contributed by atoms with Crippen LogP contribution in [0, 0.1) is 0 Å². The molecule has 0 atom stereocenters. The van der Waals surface area contributed by atoms with E-state index in [4.69, 9.17) is 0 Å². The molecule has 0 radical (unpaired) electrons. The monoisotopic (exact) mass is 611 g/mol. The van der Waals surface area contributed by atoms with Crippen LogP contribution in [-0.4, -0.2) is 0 Å². The highest BCUT2D eigenvalue weighted by Crippen LogP contribution is 2.63. The summed E-state index contributed by atoms with van der Waals surface area (Å²) in [6, 6.07) is 50.1. The molecule has 0 unspecified atom stereocenters. The number of benzene rings is 6. The Balaban J connectivity index is 1.23. The molecule has 6 aromatic carbocycles. The molecular formula is C47H33N. The zero-order valence-electron chi connectivity index (χ0n) is 27.0. The Morgan fingerprint density at radius 2 is 0.917 bits per heavy atom. The van der Waals surface area contributed by atoms with Gasteiger partial charge in [-0.05, 0) is 115 Å². The normalized spacial score (nSPS) is 16.0. The van der Waals surface area contributed by atoms with E-state index >= 15 is 0 Å². The van der Waals surface area contributed by atoms with Crippen molar-refractivity contribution < 1.29 is 0 Å². The largest absolute Gasteiger partial charge is 0.310 e. The Hall–Kier alpha value is -5.88. The van der Waals surface area contributed by atoms with Crippen molar-refractivity contribution in [3.05, 3.63) is 209 Å². The Bertz CT molecular complexity index is 2410. The van der Waals surface area contributed by atoms with Gasteiger partial charge in [-0.25, -0.2) is 0 Å². The lowest BCUT2D eigenvalue weighted by Gasteiger charge is -2.32. The van der Waals surface area contributed by atoms with Gasteiger partial charge in [0.25, 0.3) is 0 Å². The molecule has 4 aliphatic rings. The lowest BCUT2D eigenvalue weighted by molar-refractivity contribution is 0.660. The number of hydrogen-bond acceptors (Lipinski definition) is 1. The minimum Gasteiger partial charge on any atom is -0.310 e. The number of nitrogens with zero attached hydrogens (tertiary/aromatic N) is 1. The zero-order valence-corrected chi connectivity index (χ0v) is 27.0. The van der Waals surface area contributed by atoms with E-state index in [-0.39, 0.29) is 5.41 Å². The van der Waals surface area contributed by atoms with Crippen molar-refractivity contribution in [2.75, 3.05) is 4.90 Å². The molecule has 1 spiro atoms. The van der Waals surface area contributed by atoms with Crippen molar-refractivity contribution in [3.8, 4) is 33.4 Å². The molecule has 226 valence electrons. The van der Waals surface area contributed by atoms with Crippen LogP contribution in [0.15, 0.2) is 175 Å². The van der Waals surface area contributed by atoms with Crippen molar-refractivity contribution in [2.24, 2.45) is 0 Å². The van der Waals surface area contributed by atoms with Crippen molar-refractivity contribution >= 4 is 11.4 Å². The third kappa shape index (κ3) is 3.46. The highest BCUT2D eigenvalue weighted by Gasteiger charge is 2.51. The second-order valence-corrected chi connectivity index (χ2v) is 13.8. The lowest BCUT2D eigenvalue weighted by Crippen LogP contribution is -2.26. The molecule has 0 heterocycles. The third-order valence-corrected chi connectivity index (χ3v) is 11.1. The second-order valence-electron chi connectivity index (χ2n) is 13.8. The van der Waals surface area contributed by atoms with E-state index < -0.39 is 5.41 Å². The summed E-state index contributed by atoms with van der Waals surface area (Å²) in [5.41, 5.74) is 22.3. The number of rotatable bonds is 3. The van der Waals surface area contributed by atoms with Crippen LogP contribution in [0.5, 0.6) is 0 Å². The first kappa shape index (κ1) is 27.3. The van der Waals surface area contributed by atoms with Gasteiger partial charge in [0, 0.05) is 22.5 Å². The van der Waals surface area contributed by atoms with E-state index in [0.717, 1.165) is 17.1 Å². The van der Waals surface area contributed by atoms with Crippen LogP contribution in [0.4, 0.5) is 11.4 Å². The quantitative estimate of drug-likeness (QED) is 0.180. The fourth-order valence-corrected chi connectivity index (χ4v) is 9.10. The van der Waals surface area contributed by atoms with Crippen molar-refractivity contribution in [1.29, 1.82) is 0 Å². The van der Waals surface area contributed by atoms with Gasteiger partial charge in [-0.2, -0.15) is 0 Å². The van der Waals surface area contributed by atoms with Gasteiger partial charge >= 0.3 is 0 Å². The maximum atomic E-state index is 3.28. The molecule has 0 saturated carbocycles. The van der Waals surface area contributed by atoms with Crippen LogP contribution in [0.25, 0.3) is 33.4 Å². The molecule has 0 amide bonds. The van der Waals surface area contributed by atoms with E-state index in [1.54, 1.807) is 0 Å². The first-order chi connectivity index (χ1) is 23.6. The molecular weight excluding hydrogens is 579 g/mol. The predicted octanol–water partition coefficient (Wildman–Crippen LogP) is 11.6. The maximum Gasteiger partial charge on any atom is 0.0726 e. The lowest BCUT2D eigenvalue weighted by atomic mass is 9.70. The summed E-state index contributed by atoms with van der Waals surface area (Å²) in [6.07, 6.45) is 10.4. The fraction of sp³-hybridized carbons (Fsp3) is 0.0851. The molecule has 1 heteroatoms. The average molecular weight is 612 g/mol. The summed E-state index contributed by atoms with van der Waals surface area (Å²) in [4.78, 5) is 2.43. The van der Waals surface area contributed by atoms with Crippen LogP contribution in [-0.2, 0) is 10.8 Å². The average Bonchev–Trinajstić information content (AvgIpc) is 3.55. The molecule has 0 aromatic heterocycles. The molecule has 10 rings (SSSR count). The third-order valence-electron chi connectivity index (χ3n) is 11.1. The van der Waals surface area contributed by atoms with Gasteiger partial charge in [0.15, 0.2) is 0 Å². The first-order valence-electron chi connectivity index (χ1n) is 16.9. The van der Waals surface area contributed by atoms with E-state index in [9.17, 15) is 0 Å². The Morgan fingerprint density at radius 3 is 1.50 bits per heavy atom. The number of anilines is 2. The van der Waals surface area contributed by atoms with Crippen molar-refractivity contribution in [1.82, 2.24) is 0 Å². The van der Waals surface area contributed by atoms with Crippen LogP contribution >= 0.6 is 0 Å². The van der Waals surface area contributed by atoms with Gasteiger partial charge in [0.1, 0.15) is 0 Å². The molecule has 0 aliphatic heterocycles. The summed E-state index contributed by atoms with van der Waals surface area (Å²) in [5.74, 6) is 0. The topological polar surface area (TPSA) is 3.24 Å². The standard InChI is InChI=1S/C47H33N/c1-46(2)40-21-11-7-17-34(40)38-27-25-32(29-44(38)46)48(31-15-5-3-4-6-16-31)33-26-28-39-37-20-10-14-24-43(37)47(45(39)30-33)41-22-12-8-18-35(41)36-19-9-13-23-42(36)47/h3,5-30H,1-2H3. The number of fused-ring (bicyclic) bond motifs is 13. The van der Waals surface area contributed by atoms with Crippen molar-refractivity contribution in [3.63, 3.8) is 0 Å². The fourth-order valence-electron chi connectivity index (χ4n) is 9.10. The Labute approximate surface area is 282 Å².